The van der Waals surface area contributed by atoms with Crippen molar-refractivity contribution in [3.8, 4) is 5.88 Å². The lowest BCUT2D eigenvalue weighted by atomic mass is 9.81. The SMILES string of the molecule is COc1cc(NCC(C)(C)C(C)C)ccn1. The van der Waals surface area contributed by atoms with Crippen LogP contribution in [0.4, 0.5) is 5.69 Å². The van der Waals surface area contributed by atoms with Crippen molar-refractivity contribution >= 4 is 5.69 Å². The van der Waals surface area contributed by atoms with Crippen molar-refractivity contribution in [2.75, 3.05) is 19.0 Å². The number of rotatable bonds is 5. The van der Waals surface area contributed by atoms with Gasteiger partial charge in [0.05, 0.1) is 7.11 Å². The van der Waals surface area contributed by atoms with Crippen LogP contribution in [0.25, 0.3) is 0 Å². The minimum absolute atomic E-state index is 0.274. The van der Waals surface area contributed by atoms with Gasteiger partial charge in [0.1, 0.15) is 0 Å². The Morgan fingerprint density at radius 3 is 2.69 bits per heavy atom. The van der Waals surface area contributed by atoms with E-state index in [0.29, 0.717) is 11.8 Å². The van der Waals surface area contributed by atoms with Crippen LogP contribution >= 0.6 is 0 Å². The molecule has 90 valence electrons. The quantitative estimate of drug-likeness (QED) is 0.830. The fourth-order valence-corrected chi connectivity index (χ4v) is 1.17. The molecule has 1 aromatic heterocycles. The van der Waals surface area contributed by atoms with E-state index in [1.165, 1.54) is 0 Å². The summed E-state index contributed by atoms with van der Waals surface area (Å²) in [7, 11) is 1.63. The summed E-state index contributed by atoms with van der Waals surface area (Å²) in [5, 5.41) is 3.42. The molecule has 0 radical (unpaired) electrons. The summed E-state index contributed by atoms with van der Waals surface area (Å²) in [6, 6.07) is 3.87. The zero-order valence-electron chi connectivity index (χ0n) is 10.9. The van der Waals surface area contributed by atoms with Crippen molar-refractivity contribution in [1.82, 2.24) is 4.98 Å². The van der Waals surface area contributed by atoms with Crippen molar-refractivity contribution in [2.24, 2.45) is 11.3 Å². The number of hydrogen-bond acceptors (Lipinski definition) is 3. The largest absolute Gasteiger partial charge is 0.481 e. The van der Waals surface area contributed by atoms with E-state index >= 15 is 0 Å². The van der Waals surface area contributed by atoms with Crippen molar-refractivity contribution < 1.29 is 4.74 Å². The minimum Gasteiger partial charge on any atom is -0.481 e. The van der Waals surface area contributed by atoms with Gasteiger partial charge in [0, 0.05) is 24.5 Å². The summed E-state index contributed by atoms with van der Waals surface area (Å²) in [5.74, 6) is 1.29. The highest BCUT2D eigenvalue weighted by atomic mass is 16.5. The third-order valence-corrected chi connectivity index (χ3v) is 3.26. The molecule has 1 aromatic rings. The Morgan fingerprint density at radius 2 is 2.12 bits per heavy atom. The third-order valence-electron chi connectivity index (χ3n) is 3.26. The van der Waals surface area contributed by atoms with Gasteiger partial charge in [-0.15, -0.1) is 0 Å². The van der Waals surface area contributed by atoms with Crippen molar-refractivity contribution in [1.29, 1.82) is 0 Å². The van der Waals surface area contributed by atoms with Gasteiger partial charge in [-0.2, -0.15) is 0 Å². The van der Waals surface area contributed by atoms with Gasteiger partial charge in [-0.05, 0) is 17.4 Å². The summed E-state index contributed by atoms with van der Waals surface area (Å²) >= 11 is 0. The number of nitrogens with zero attached hydrogens (tertiary/aromatic N) is 1. The van der Waals surface area contributed by atoms with Gasteiger partial charge in [0.2, 0.25) is 5.88 Å². The fourth-order valence-electron chi connectivity index (χ4n) is 1.17. The molecule has 0 saturated heterocycles. The van der Waals surface area contributed by atoms with Crippen molar-refractivity contribution in [2.45, 2.75) is 27.7 Å². The van der Waals surface area contributed by atoms with E-state index in [9.17, 15) is 0 Å². The first-order valence-corrected chi connectivity index (χ1v) is 5.69. The topological polar surface area (TPSA) is 34.1 Å². The van der Waals surface area contributed by atoms with Crippen LogP contribution in [0, 0.1) is 11.3 Å². The summed E-state index contributed by atoms with van der Waals surface area (Å²) in [6.45, 7) is 9.97. The first-order valence-electron chi connectivity index (χ1n) is 5.69. The molecule has 0 aliphatic heterocycles. The Kier molecular flexibility index (Phi) is 4.16. The lowest BCUT2D eigenvalue weighted by molar-refractivity contribution is 0.269. The molecular weight excluding hydrogens is 200 g/mol. The van der Waals surface area contributed by atoms with E-state index in [1.807, 2.05) is 12.1 Å². The van der Waals surface area contributed by atoms with E-state index in [2.05, 4.69) is 38.0 Å². The summed E-state index contributed by atoms with van der Waals surface area (Å²) in [5.41, 5.74) is 1.33. The Labute approximate surface area is 98.2 Å². The number of methoxy groups -OCH3 is 1. The molecule has 0 unspecified atom stereocenters. The maximum Gasteiger partial charge on any atom is 0.214 e. The first-order chi connectivity index (χ1) is 7.45. The molecule has 0 bridgehead atoms. The molecule has 0 saturated carbocycles. The average Bonchev–Trinajstić information content (AvgIpc) is 2.26. The number of hydrogen-bond donors (Lipinski definition) is 1. The van der Waals surface area contributed by atoms with Gasteiger partial charge in [-0.3, -0.25) is 0 Å². The summed E-state index contributed by atoms with van der Waals surface area (Å²) < 4.78 is 5.08. The van der Waals surface area contributed by atoms with E-state index in [-0.39, 0.29) is 5.41 Å². The van der Waals surface area contributed by atoms with Crippen molar-refractivity contribution in [3.05, 3.63) is 18.3 Å². The molecule has 0 fully saturated rings. The highest BCUT2D eigenvalue weighted by Gasteiger charge is 2.21. The highest BCUT2D eigenvalue weighted by Crippen LogP contribution is 2.26. The van der Waals surface area contributed by atoms with Gasteiger partial charge < -0.3 is 10.1 Å². The predicted octanol–water partition coefficient (Wildman–Crippen LogP) is 3.18. The van der Waals surface area contributed by atoms with Crippen LogP contribution in [0.15, 0.2) is 18.3 Å². The van der Waals surface area contributed by atoms with Crippen LogP contribution in [0.5, 0.6) is 5.88 Å². The summed E-state index contributed by atoms with van der Waals surface area (Å²) in [6.07, 6.45) is 1.75. The molecular formula is C13H22N2O. The lowest BCUT2D eigenvalue weighted by Gasteiger charge is -2.29. The number of nitrogens with one attached hydrogen (secondary N) is 1. The second-order valence-electron chi connectivity index (χ2n) is 5.08. The molecule has 1 heterocycles. The molecule has 3 nitrogen and oxygen atoms in total. The van der Waals surface area contributed by atoms with Crippen molar-refractivity contribution in [3.63, 3.8) is 0 Å². The Hall–Kier alpha value is -1.25. The molecule has 0 spiro atoms. The standard InChI is InChI=1S/C13H22N2O/c1-10(2)13(3,4)9-15-11-6-7-14-12(8-11)16-5/h6-8,10H,9H2,1-5H3,(H,14,15). The van der Waals surface area contributed by atoms with Crippen LogP contribution in [-0.2, 0) is 0 Å². The van der Waals surface area contributed by atoms with E-state index in [0.717, 1.165) is 12.2 Å². The molecule has 0 amide bonds. The maximum absolute atomic E-state index is 5.08. The van der Waals surface area contributed by atoms with Gasteiger partial charge in [0.25, 0.3) is 0 Å². The second kappa shape index (κ2) is 5.19. The molecule has 3 heteroatoms. The van der Waals surface area contributed by atoms with Crippen LogP contribution in [0.3, 0.4) is 0 Å². The average molecular weight is 222 g/mol. The number of pyridine rings is 1. The van der Waals surface area contributed by atoms with Gasteiger partial charge >= 0.3 is 0 Å². The lowest BCUT2D eigenvalue weighted by Crippen LogP contribution is -2.28. The summed E-state index contributed by atoms with van der Waals surface area (Å²) in [4.78, 5) is 4.08. The monoisotopic (exact) mass is 222 g/mol. The molecule has 0 atom stereocenters. The Balaban J connectivity index is 2.60. The zero-order valence-corrected chi connectivity index (χ0v) is 10.9. The first kappa shape index (κ1) is 12.8. The van der Waals surface area contributed by atoms with Gasteiger partial charge in [-0.1, -0.05) is 27.7 Å². The van der Waals surface area contributed by atoms with Crippen LogP contribution in [0.2, 0.25) is 0 Å². The van der Waals surface area contributed by atoms with Gasteiger partial charge in [0.15, 0.2) is 0 Å². The minimum atomic E-state index is 0.274. The third kappa shape index (κ3) is 3.40. The van der Waals surface area contributed by atoms with Crippen LogP contribution < -0.4 is 10.1 Å². The number of anilines is 1. The van der Waals surface area contributed by atoms with Gasteiger partial charge in [-0.25, -0.2) is 4.98 Å². The maximum atomic E-state index is 5.08. The van der Waals surface area contributed by atoms with E-state index in [4.69, 9.17) is 4.74 Å². The number of aromatic nitrogens is 1. The fraction of sp³-hybridized carbons (Fsp3) is 0.615. The Bertz CT molecular complexity index is 334. The zero-order chi connectivity index (χ0) is 12.2. The molecule has 0 aliphatic carbocycles. The normalized spacial score (nSPS) is 11.6. The van der Waals surface area contributed by atoms with E-state index < -0.39 is 0 Å². The smallest absolute Gasteiger partial charge is 0.214 e. The molecule has 0 aromatic carbocycles. The molecule has 0 aliphatic rings. The Morgan fingerprint density at radius 1 is 1.44 bits per heavy atom. The number of ether oxygens (including phenoxy) is 1. The van der Waals surface area contributed by atoms with E-state index in [1.54, 1.807) is 13.3 Å². The molecule has 1 rings (SSSR count). The molecule has 1 N–H and O–H groups in total. The van der Waals surface area contributed by atoms with Crippen LogP contribution in [0.1, 0.15) is 27.7 Å². The second-order valence-corrected chi connectivity index (χ2v) is 5.08. The van der Waals surface area contributed by atoms with Crippen LogP contribution in [-0.4, -0.2) is 18.6 Å². The molecule has 16 heavy (non-hydrogen) atoms. The highest BCUT2D eigenvalue weighted by molar-refractivity contribution is 5.45. The predicted molar refractivity (Wildman–Crippen MR) is 67.9 cm³/mol.